The zero-order valence-corrected chi connectivity index (χ0v) is 15.8. The Morgan fingerprint density at radius 1 is 1.14 bits per heavy atom. The van der Waals surface area contributed by atoms with Gasteiger partial charge in [-0.25, -0.2) is 9.37 Å². The summed E-state index contributed by atoms with van der Waals surface area (Å²) in [6.45, 7) is 1.31. The van der Waals surface area contributed by atoms with Crippen LogP contribution >= 0.6 is 0 Å². The molecule has 1 aliphatic rings. The van der Waals surface area contributed by atoms with E-state index in [-0.39, 0.29) is 24.2 Å². The Morgan fingerprint density at radius 3 is 2.76 bits per heavy atom. The fourth-order valence-electron chi connectivity index (χ4n) is 3.23. The molecule has 0 aliphatic carbocycles. The number of carbonyl (C=O) groups is 1. The Bertz CT molecular complexity index is 966. The molecule has 7 heteroatoms. The molecule has 2 aromatic heterocycles. The molecule has 0 saturated carbocycles. The van der Waals surface area contributed by atoms with Gasteiger partial charge in [-0.15, -0.1) is 0 Å². The minimum atomic E-state index is -0.358. The van der Waals surface area contributed by atoms with Gasteiger partial charge < -0.3 is 15.0 Å². The van der Waals surface area contributed by atoms with Crippen molar-refractivity contribution in [1.82, 2.24) is 14.9 Å². The first-order valence-electron chi connectivity index (χ1n) is 9.46. The number of amides is 1. The van der Waals surface area contributed by atoms with E-state index in [1.807, 2.05) is 30.3 Å². The third-order valence-corrected chi connectivity index (χ3v) is 4.77. The van der Waals surface area contributed by atoms with Crippen molar-refractivity contribution < 1.29 is 13.9 Å². The van der Waals surface area contributed by atoms with Gasteiger partial charge in [-0.2, -0.15) is 0 Å². The van der Waals surface area contributed by atoms with E-state index >= 15 is 0 Å². The summed E-state index contributed by atoms with van der Waals surface area (Å²) in [4.78, 5) is 23.0. The van der Waals surface area contributed by atoms with Crippen LogP contribution in [0.15, 0.2) is 67.0 Å². The number of morpholine rings is 1. The Hall–Kier alpha value is -3.32. The molecule has 1 aromatic carbocycles. The normalized spacial score (nSPS) is 16.4. The molecule has 148 valence electrons. The van der Waals surface area contributed by atoms with Crippen LogP contribution in [0.4, 0.5) is 15.9 Å². The molecule has 29 heavy (non-hydrogen) atoms. The van der Waals surface area contributed by atoms with Crippen LogP contribution in [0.5, 0.6) is 0 Å². The van der Waals surface area contributed by atoms with Gasteiger partial charge in [0.25, 0.3) is 0 Å². The summed E-state index contributed by atoms with van der Waals surface area (Å²) in [5, 5.41) is 3.18. The predicted octanol–water partition coefficient (Wildman–Crippen LogP) is 3.50. The summed E-state index contributed by atoms with van der Waals surface area (Å²) in [5.74, 6) is 0.265. The quantitative estimate of drug-likeness (QED) is 0.720. The van der Waals surface area contributed by atoms with Gasteiger partial charge in [-0.05, 0) is 35.9 Å². The van der Waals surface area contributed by atoms with E-state index in [9.17, 15) is 9.18 Å². The number of anilines is 2. The number of hydrogen-bond donors (Lipinski definition) is 1. The van der Waals surface area contributed by atoms with Crippen molar-refractivity contribution >= 4 is 17.4 Å². The Morgan fingerprint density at radius 2 is 2.00 bits per heavy atom. The van der Waals surface area contributed by atoms with Crippen molar-refractivity contribution in [2.75, 3.05) is 25.0 Å². The van der Waals surface area contributed by atoms with Crippen molar-refractivity contribution in [3.05, 3.63) is 84.1 Å². The molecular formula is C22H21FN4O2. The second-order valence-electron chi connectivity index (χ2n) is 6.78. The number of carbonyl (C=O) groups excluding carboxylic acids is 1. The third-order valence-electron chi connectivity index (χ3n) is 4.77. The van der Waals surface area contributed by atoms with E-state index in [1.54, 1.807) is 35.5 Å². The van der Waals surface area contributed by atoms with Crippen molar-refractivity contribution in [3.8, 4) is 0 Å². The number of nitrogens with one attached hydrogen (secondary N) is 1. The number of hydrogen-bond acceptors (Lipinski definition) is 5. The largest absolute Gasteiger partial charge is 0.368 e. The minimum Gasteiger partial charge on any atom is -0.368 e. The topological polar surface area (TPSA) is 67.3 Å². The monoisotopic (exact) mass is 392 g/mol. The van der Waals surface area contributed by atoms with Crippen molar-refractivity contribution in [2.24, 2.45) is 0 Å². The SMILES string of the molecule is O=C(Cc1ccccc1F)N1CCO[C@H](c2ccc(Nc3ccccn3)cn2)C1. The van der Waals surface area contributed by atoms with Gasteiger partial charge in [-0.3, -0.25) is 9.78 Å². The van der Waals surface area contributed by atoms with E-state index in [2.05, 4.69) is 15.3 Å². The first kappa shape index (κ1) is 19.0. The Kier molecular flexibility index (Phi) is 5.76. The molecule has 1 N–H and O–H groups in total. The Balaban J connectivity index is 1.39. The standard InChI is InChI=1S/C22H21FN4O2/c23-18-6-2-1-5-16(18)13-22(28)27-11-12-29-20(15-27)19-9-8-17(14-25-19)26-21-7-3-4-10-24-21/h1-10,14,20H,11-13,15H2,(H,24,26)/t20-/m0/s1. The average molecular weight is 392 g/mol. The first-order chi connectivity index (χ1) is 14.2. The van der Waals surface area contributed by atoms with E-state index in [4.69, 9.17) is 4.74 Å². The van der Waals surface area contributed by atoms with Crippen LogP contribution < -0.4 is 5.32 Å². The smallest absolute Gasteiger partial charge is 0.227 e. The summed E-state index contributed by atoms with van der Waals surface area (Å²) in [5.41, 5.74) is 1.97. The molecule has 3 heterocycles. The van der Waals surface area contributed by atoms with Crippen LogP contribution in [0.2, 0.25) is 0 Å². The highest BCUT2D eigenvalue weighted by atomic mass is 19.1. The highest BCUT2D eigenvalue weighted by Gasteiger charge is 2.26. The van der Waals surface area contributed by atoms with Gasteiger partial charge >= 0.3 is 0 Å². The highest BCUT2D eigenvalue weighted by molar-refractivity contribution is 5.79. The molecule has 0 radical (unpaired) electrons. The summed E-state index contributed by atoms with van der Waals surface area (Å²) < 4.78 is 19.7. The average Bonchev–Trinajstić information content (AvgIpc) is 2.77. The maximum atomic E-state index is 13.8. The van der Waals surface area contributed by atoms with Crippen molar-refractivity contribution in [3.63, 3.8) is 0 Å². The summed E-state index contributed by atoms with van der Waals surface area (Å²) in [6, 6.07) is 15.8. The molecule has 1 atom stereocenters. The fourth-order valence-corrected chi connectivity index (χ4v) is 3.23. The lowest BCUT2D eigenvalue weighted by Gasteiger charge is -2.32. The molecule has 6 nitrogen and oxygen atoms in total. The molecule has 1 saturated heterocycles. The zero-order valence-electron chi connectivity index (χ0n) is 15.8. The molecule has 1 amide bonds. The molecule has 0 bridgehead atoms. The zero-order chi connectivity index (χ0) is 20.1. The number of aromatic nitrogens is 2. The lowest BCUT2D eigenvalue weighted by molar-refractivity contribution is -0.138. The number of rotatable bonds is 5. The van der Waals surface area contributed by atoms with Gasteiger partial charge in [0.2, 0.25) is 5.91 Å². The van der Waals surface area contributed by atoms with Crippen LogP contribution in [0.25, 0.3) is 0 Å². The minimum absolute atomic E-state index is 0.0414. The maximum Gasteiger partial charge on any atom is 0.227 e. The maximum absolute atomic E-state index is 13.8. The van der Waals surface area contributed by atoms with Crippen LogP contribution in [0.1, 0.15) is 17.4 Å². The lowest BCUT2D eigenvalue weighted by Crippen LogP contribution is -2.43. The van der Waals surface area contributed by atoms with Crippen LogP contribution in [-0.2, 0) is 16.0 Å². The van der Waals surface area contributed by atoms with Gasteiger partial charge in [-0.1, -0.05) is 24.3 Å². The van der Waals surface area contributed by atoms with E-state index in [0.717, 1.165) is 17.2 Å². The number of ether oxygens (including phenoxy) is 1. The lowest BCUT2D eigenvalue weighted by atomic mass is 10.1. The van der Waals surface area contributed by atoms with Gasteiger partial charge in [0.15, 0.2) is 0 Å². The molecule has 0 unspecified atom stereocenters. The molecular weight excluding hydrogens is 371 g/mol. The number of pyridine rings is 2. The highest BCUT2D eigenvalue weighted by Crippen LogP contribution is 2.23. The Labute approximate surface area is 168 Å². The molecule has 1 aliphatic heterocycles. The van der Waals surface area contributed by atoms with Crippen LogP contribution in [-0.4, -0.2) is 40.5 Å². The number of halogens is 1. The van der Waals surface area contributed by atoms with Crippen molar-refractivity contribution in [1.29, 1.82) is 0 Å². The van der Waals surface area contributed by atoms with Crippen molar-refractivity contribution in [2.45, 2.75) is 12.5 Å². The van der Waals surface area contributed by atoms with Gasteiger partial charge in [0, 0.05) is 12.7 Å². The summed E-state index contributed by atoms with van der Waals surface area (Å²) in [7, 11) is 0. The van der Waals surface area contributed by atoms with Gasteiger partial charge in [0.05, 0.1) is 37.2 Å². The van der Waals surface area contributed by atoms with Crippen LogP contribution in [0, 0.1) is 5.82 Å². The van der Waals surface area contributed by atoms with Crippen LogP contribution in [0.3, 0.4) is 0 Å². The summed E-state index contributed by atoms with van der Waals surface area (Å²) >= 11 is 0. The number of nitrogens with zero attached hydrogens (tertiary/aromatic N) is 3. The molecule has 4 rings (SSSR count). The van der Waals surface area contributed by atoms with E-state index in [1.165, 1.54) is 6.07 Å². The molecule has 3 aromatic rings. The second kappa shape index (κ2) is 8.79. The first-order valence-corrected chi connectivity index (χ1v) is 9.46. The van der Waals surface area contributed by atoms with E-state index < -0.39 is 0 Å². The van der Waals surface area contributed by atoms with Gasteiger partial charge in [0.1, 0.15) is 17.7 Å². The fraction of sp³-hybridized carbons (Fsp3) is 0.227. The molecule has 0 spiro atoms. The van der Waals surface area contributed by atoms with E-state index in [0.29, 0.717) is 25.3 Å². The second-order valence-corrected chi connectivity index (χ2v) is 6.78. The third kappa shape index (κ3) is 4.75. The number of benzene rings is 1. The summed E-state index contributed by atoms with van der Waals surface area (Å²) in [6.07, 6.45) is 3.16. The molecule has 1 fully saturated rings. The predicted molar refractivity (Wildman–Crippen MR) is 107 cm³/mol.